The molecule has 0 radical (unpaired) electrons. The zero-order chi connectivity index (χ0) is 25.1. The molecule has 0 saturated carbocycles. The highest BCUT2D eigenvalue weighted by molar-refractivity contribution is 7.89. The predicted molar refractivity (Wildman–Crippen MR) is 137 cm³/mol. The molecule has 1 amide bonds. The average molecular weight is 489 g/mol. The number of rotatable bonds is 7. The molecular weight excluding hydrogens is 460 g/mol. The van der Waals surface area contributed by atoms with Gasteiger partial charge in [0.05, 0.1) is 16.1 Å². The first kappa shape index (κ1) is 24.4. The second-order valence-electron chi connectivity index (χ2n) is 9.18. The number of hydrogen-bond acceptors (Lipinski definition) is 4. The van der Waals surface area contributed by atoms with Crippen LogP contribution >= 0.6 is 0 Å². The van der Waals surface area contributed by atoms with Gasteiger partial charge in [-0.15, -0.1) is 0 Å². The number of sulfonamides is 1. The van der Waals surface area contributed by atoms with E-state index in [-0.39, 0.29) is 17.3 Å². The van der Waals surface area contributed by atoms with Gasteiger partial charge in [0.15, 0.2) is 0 Å². The molecule has 8 heteroatoms. The highest BCUT2D eigenvalue weighted by atomic mass is 32.2. The molecule has 0 atom stereocenters. The lowest BCUT2D eigenvalue weighted by molar-refractivity contribution is 0.0951. The van der Waals surface area contributed by atoms with Crippen molar-refractivity contribution in [3.63, 3.8) is 0 Å². The third kappa shape index (κ3) is 5.85. The maximum Gasteiger partial charge on any atom is 0.255 e. The molecule has 0 fully saturated rings. The Hall–Kier alpha value is -3.75. The topological polar surface area (TPSA) is 93.1 Å². The lowest BCUT2D eigenvalue weighted by Gasteiger charge is -2.21. The van der Waals surface area contributed by atoms with Crippen molar-refractivity contribution in [1.29, 1.82) is 0 Å². The van der Waals surface area contributed by atoms with Gasteiger partial charge in [-0.2, -0.15) is 5.10 Å². The summed E-state index contributed by atoms with van der Waals surface area (Å²) in [4.78, 5) is 13.5. The molecule has 0 aliphatic carbocycles. The van der Waals surface area contributed by atoms with Crippen LogP contribution in [0.1, 0.15) is 36.7 Å². The van der Waals surface area contributed by atoms with E-state index in [1.165, 1.54) is 0 Å². The number of amides is 1. The standard InChI is InChI=1S/C27H28N4O3S/c1-27(2,3)30-35(33,34)24-17-11-10-14-21(24)18-28-26(32)23-19-31(22-15-8-5-9-16-22)29-25(23)20-12-6-4-7-13-20/h4-17,19,30H,18H2,1-3H3,(H,28,32). The quantitative estimate of drug-likeness (QED) is 0.399. The summed E-state index contributed by atoms with van der Waals surface area (Å²) < 4.78 is 30.2. The van der Waals surface area contributed by atoms with Crippen molar-refractivity contribution in [3.8, 4) is 16.9 Å². The van der Waals surface area contributed by atoms with E-state index < -0.39 is 15.6 Å². The van der Waals surface area contributed by atoms with Gasteiger partial charge < -0.3 is 5.32 Å². The molecule has 4 aromatic rings. The highest BCUT2D eigenvalue weighted by Crippen LogP contribution is 2.24. The van der Waals surface area contributed by atoms with Crippen molar-refractivity contribution in [3.05, 3.63) is 102 Å². The predicted octanol–water partition coefficient (Wildman–Crippen LogP) is 4.55. The van der Waals surface area contributed by atoms with E-state index >= 15 is 0 Å². The molecule has 0 bridgehead atoms. The Morgan fingerprint density at radius 1 is 0.886 bits per heavy atom. The van der Waals surface area contributed by atoms with Crippen LogP contribution < -0.4 is 10.0 Å². The monoisotopic (exact) mass is 488 g/mol. The Morgan fingerprint density at radius 2 is 1.49 bits per heavy atom. The molecule has 0 aliphatic heterocycles. The third-order valence-electron chi connectivity index (χ3n) is 5.17. The maximum atomic E-state index is 13.3. The third-order valence-corrected chi connectivity index (χ3v) is 7.03. The normalized spacial score (nSPS) is 11.9. The smallest absolute Gasteiger partial charge is 0.255 e. The summed E-state index contributed by atoms with van der Waals surface area (Å²) in [5, 5.41) is 7.55. The van der Waals surface area contributed by atoms with E-state index in [2.05, 4.69) is 15.1 Å². The number of hydrogen-bond donors (Lipinski definition) is 2. The second kappa shape index (κ2) is 9.85. The van der Waals surface area contributed by atoms with Crippen LogP contribution in [0.5, 0.6) is 0 Å². The van der Waals surface area contributed by atoms with E-state index in [9.17, 15) is 13.2 Å². The number of nitrogens with one attached hydrogen (secondary N) is 2. The van der Waals surface area contributed by atoms with E-state index in [1.807, 2.05) is 60.7 Å². The molecule has 35 heavy (non-hydrogen) atoms. The fraction of sp³-hybridized carbons (Fsp3) is 0.185. The Bertz CT molecular complexity index is 1420. The first-order valence-electron chi connectivity index (χ1n) is 11.2. The minimum atomic E-state index is -3.76. The van der Waals surface area contributed by atoms with E-state index in [0.29, 0.717) is 16.8 Å². The summed E-state index contributed by atoms with van der Waals surface area (Å²) >= 11 is 0. The van der Waals surface area contributed by atoms with Crippen molar-refractivity contribution in [2.24, 2.45) is 0 Å². The molecular formula is C27H28N4O3S. The van der Waals surface area contributed by atoms with Crippen molar-refractivity contribution in [1.82, 2.24) is 19.8 Å². The zero-order valence-electron chi connectivity index (χ0n) is 19.9. The van der Waals surface area contributed by atoms with Crippen LogP contribution in [0.4, 0.5) is 0 Å². The van der Waals surface area contributed by atoms with Crippen LogP contribution in [-0.2, 0) is 16.6 Å². The van der Waals surface area contributed by atoms with Gasteiger partial charge in [0, 0.05) is 23.8 Å². The van der Waals surface area contributed by atoms with Gasteiger partial charge in [-0.25, -0.2) is 17.8 Å². The van der Waals surface area contributed by atoms with E-state index in [1.54, 1.807) is 55.9 Å². The second-order valence-corrected chi connectivity index (χ2v) is 10.8. The highest BCUT2D eigenvalue weighted by Gasteiger charge is 2.25. The van der Waals surface area contributed by atoms with Crippen LogP contribution in [0.2, 0.25) is 0 Å². The Balaban J connectivity index is 1.64. The van der Waals surface area contributed by atoms with Crippen molar-refractivity contribution in [2.45, 2.75) is 37.8 Å². The van der Waals surface area contributed by atoms with E-state index in [0.717, 1.165) is 11.3 Å². The minimum Gasteiger partial charge on any atom is -0.348 e. The number of benzene rings is 3. The van der Waals surface area contributed by atoms with Gasteiger partial charge in [0.1, 0.15) is 5.69 Å². The number of para-hydroxylation sites is 1. The van der Waals surface area contributed by atoms with Crippen LogP contribution in [-0.4, -0.2) is 29.6 Å². The number of nitrogens with zero attached hydrogens (tertiary/aromatic N) is 2. The molecule has 0 saturated heterocycles. The fourth-order valence-electron chi connectivity index (χ4n) is 3.70. The summed E-state index contributed by atoms with van der Waals surface area (Å²) in [6.45, 7) is 5.39. The fourth-order valence-corrected chi connectivity index (χ4v) is 5.36. The molecule has 2 N–H and O–H groups in total. The first-order valence-corrected chi connectivity index (χ1v) is 12.7. The van der Waals surface area contributed by atoms with Crippen molar-refractivity contribution < 1.29 is 13.2 Å². The number of carbonyl (C=O) groups excluding carboxylic acids is 1. The molecule has 1 aromatic heterocycles. The van der Waals surface area contributed by atoms with Crippen LogP contribution in [0.25, 0.3) is 16.9 Å². The summed E-state index contributed by atoms with van der Waals surface area (Å²) in [6, 6.07) is 25.7. The lowest BCUT2D eigenvalue weighted by atomic mass is 10.1. The molecule has 4 rings (SSSR count). The van der Waals surface area contributed by atoms with Crippen LogP contribution in [0, 0.1) is 0 Å². The molecule has 7 nitrogen and oxygen atoms in total. The molecule has 1 heterocycles. The van der Waals surface area contributed by atoms with Crippen LogP contribution in [0.3, 0.4) is 0 Å². The minimum absolute atomic E-state index is 0.0464. The Labute approximate surface area is 205 Å². The summed E-state index contributed by atoms with van der Waals surface area (Å²) in [5.74, 6) is -0.345. The number of aromatic nitrogens is 2. The summed E-state index contributed by atoms with van der Waals surface area (Å²) in [6.07, 6.45) is 1.69. The summed E-state index contributed by atoms with van der Waals surface area (Å²) in [7, 11) is -3.76. The van der Waals surface area contributed by atoms with Gasteiger partial charge in [-0.3, -0.25) is 4.79 Å². The van der Waals surface area contributed by atoms with E-state index in [4.69, 9.17) is 0 Å². The van der Waals surface area contributed by atoms with Gasteiger partial charge >= 0.3 is 0 Å². The molecule has 0 unspecified atom stereocenters. The van der Waals surface area contributed by atoms with Crippen LogP contribution in [0.15, 0.2) is 96.0 Å². The lowest BCUT2D eigenvalue weighted by Crippen LogP contribution is -2.41. The first-order chi connectivity index (χ1) is 16.6. The summed E-state index contributed by atoms with van der Waals surface area (Å²) in [5.41, 5.74) is 2.44. The zero-order valence-corrected chi connectivity index (χ0v) is 20.7. The Morgan fingerprint density at radius 3 is 2.14 bits per heavy atom. The van der Waals surface area contributed by atoms with Crippen molar-refractivity contribution in [2.75, 3.05) is 0 Å². The Kier molecular flexibility index (Phi) is 6.86. The molecule has 180 valence electrons. The van der Waals surface area contributed by atoms with Gasteiger partial charge in [-0.1, -0.05) is 66.7 Å². The maximum absolute atomic E-state index is 13.3. The van der Waals surface area contributed by atoms with Gasteiger partial charge in [0.25, 0.3) is 5.91 Å². The SMILES string of the molecule is CC(C)(C)NS(=O)(=O)c1ccccc1CNC(=O)c1cn(-c2ccccc2)nc1-c1ccccc1. The molecule has 3 aromatic carbocycles. The molecule has 0 spiro atoms. The average Bonchev–Trinajstić information content (AvgIpc) is 3.28. The van der Waals surface area contributed by atoms with Gasteiger partial charge in [-0.05, 0) is 44.5 Å². The largest absolute Gasteiger partial charge is 0.348 e. The molecule has 0 aliphatic rings. The number of carbonyl (C=O) groups is 1. The van der Waals surface area contributed by atoms with Gasteiger partial charge in [0.2, 0.25) is 10.0 Å². The van der Waals surface area contributed by atoms with Crippen molar-refractivity contribution >= 4 is 15.9 Å².